The number of rotatable bonds is 5. The molecule has 0 aliphatic heterocycles. The summed E-state index contributed by atoms with van der Waals surface area (Å²) >= 11 is 0. The van der Waals surface area contributed by atoms with E-state index < -0.39 is 17.9 Å². The monoisotopic (exact) mass is 316 g/mol. The molecule has 0 saturated heterocycles. The third-order valence-corrected chi connectivity index (χ3v) is 3.71. The molecule has 1 amide bonds. The molecule has 0 unspecified atom stereocenters. The van der Waals surface area contributed by atoms with Crippen molar-refractivity contribution in [1.29, 1.82) is 0 Å². The number of aromatic nitrogens is 1. The van der Waals surface area contributed by atoms with E-state index in [-0.39, 0.29) is 17.0 Å². The number of fused-ring (bicyclic) bond motifs is 1. The topological polar surface area (TPSA) is 88.4 Å². The van der Waals surface area contributed by atoms with Crippen LogP contribution in [0.3, 0.4) is 0 Å². The molecular formula is C17H20N2O4. The van der Waals surface area contributed by atoms with Crippen LogP contribution in [0, 0.1) is 5.92 Å². The predicted molar refractivity (Wildman–Crippen MR) is 87.5 cm³/mol. The van der Waals surface area contributed by atoms with E-state index >= 15 is 0 Å². The van der Waals surface area contributed by atoms with Gasteiger partial charge in [0.2, 0.25) is 0 Å². The molecule has 0 aliphatic rings. The lowest BCUT2D eigenvalue weighted by Crippen LogP contribution is -2.42. The quantitative estimate of drug-likeness (QED) is 0.880. The predicted octanol–water partition coefficient (Wildman–Crippen LogP) is 1.77. The second kappa shape index (κ2) is 6.64. The fraction of sp³-hybridized carbons (Fsp3) is 0.353. The summed E-state index contributed by atoms with van der Waals surface area (Å²) in [5.41, 5.74) is 0.504. The lowest BCUT2D eigenvalue weighted by atomic mass is 10.0. The Hall–Kier alpha value is -2.63. The van der Waals surface area contributed by atoms with E-state index in [4.69, 9.17) is 0 Å². The fourth-order valence-electron chi connectivity index (χ4n) is 2.53. The second-order valence-corrected chi connectivity index (χ2v) is 5.97. The van der Waals surface area contributed by atoms with Gasteiger partial charge in [-0.3, -0.25) is 9.59 Å². The van der Waals surface area contributed by atoms with Crippen LogP contribution in [0.1, 0.15) is 30.6 Å². The van der Waals surface area contributed by atoms with Crippen molar-refractivity contribution < 1.29 is 14.7 Å². The molecule has 1 atom stereocenters. The Bertz CT molecular complexity index is 808. The smallest absolute Gasteiger partial charge is 0.326 e. The van der Waals surface area contributed by atoms with E-state index in [9.17, 15) is 19.5 Å². The van der Waals surface area contributed by atoms with Gasteiger partial charge in [-0.25, -0.2) is 4.79 Å². The van der Waals surface area contributed by atoms with E-state index in [1.54, 1.807) is 31.3 Å². The number of aryl methyl sites for hydroxylation is 1. The van der Waals surface area contributed by atoms with Crippen molar-refractivity contribution in [2.45, 2.75) is 26.3 Å². The maximum absolute atomic E-state index is 12.5. The molecule has 0 radical (unpaired) electrons. The van der Waals surface area contributed by atoms with Crippen LogP contribution in [0.2, 0.25) is 0 Å². The van der Waals surface area contributed by atoms with Crippen molar-refractivity contribution in [3.05, 3.63) is 46.2 Å². The van der Waals surface area contributed by atoms with Gasteiger partial charge in [-0.1, -0.05) is 32.0 Å². The number of pyridine rings is 1. The van der Waals surface area contributed by atoms with E-state index in [1.165, 1.54) is 10.6 Å². The van der Waals surface area contributed by atoms with Crippen LogP contribution in [-0.2, 0) is 11.8 Å². The third-order valence-electron chi connectivity index (χ3n) is 3.71. The van der Waals surface area contributed by atoms with E-state index in [0.717, 1.165) is 0 Å². The highest BCUT2D eigenvalue weighted by atomic mass is 16.4. The standard InChI is InChI=1S/C17H20N2O4/c1-10(2)8-13(17(22)23)18-16(21)12-9-15(20)19(3)14-7-5-4-6-11(12)14/h4-7,9-10,13H,8H2,1-3H3,(H,18,21)(H,22,23)/t13-/m0/s1. The van der Waals surface area contributed by atoms with Crippen LogP contribution in [0.5, 0.6) is 0 Å². The Morgan fingerprint density at radius 2 is 1.91 bits per heavy atom. The van der Waals surface area contributed by atoms with Crippen LogP contribution < -0.4 is 10.9 Å². The van der Waals surface area contributed by atoms with Gasteiger partial charge >= 0.3 is 5.97 Å². The minimum Gasteiger partial charge on any atom is -0.480 e. The molecule has 0 fully saturated rings. The molecule has 23 heavy (non-hydrogen) atoms. The average Bonchev–Trinajstić information content (AvgIpc) is 2.49. The Balaban J connectivity index is 2.43. The molecule has 0 saturated carbocycles. The van der Waals surface area contributed by atoms with Crippen molar-refractivity contribution in [2.75, 3.05) is 0 Å². The number of carboxylic acid groups (broad SMARTS) is 1. The van der Waals surface area contributed by atoms with Crippen molar-refractivity contribution in [3.63, 3.8) is 0 Å². The number of para-hydroxylation sites is 1. The zero-order valence-corrected chi connectivity index (χ0v) is 13.4. The molecule has 6 heteroatoms. The molecule has 2 aromatic rings. The SMILES string of the molecule is CC(C)C[C@H](NC(=O)c1cc(=O)n(C)c2ccccc12)C(=O)O. The molecule has 1 aromatic heterocycles. The van der Waals surface area contributed by atoms with Gasteiger partial charge in [0.1, 0.15) is 6.04 Å². The molecular weight excluding hydrogens is 296 g/mol. The van der Waals surface area contributed by atoms with Crippen LogP contribution in [0.25, 0.3) is 10.9 Å². The average molecular weight is 316 g/mol. The summed E-state index contributed by atoms with van der Waals surface area (Å²) in [5, 5.41) is 12.4. The minimum absolute atomic E-state index is 0.122. The first-order chi connectivity index (χ1) is 10.8. The summed E-state index contributed by atoms with van der Waals surface area (Å²) in [4.78, 5) is 35.8. The van der Waals surface area contributed by atoms with Gasteiger partial charge in [-0.05, 0) is 18.4 Å². The lowest BCUT2D eigenvalue weighted by molar-refractivity contribution is -0.139. The van der Waals surface area contributed by atoms with Gasteiger partial charge in [0, 0.05) is 18.5 Å². The number of nitrogens with zero attached hydrogens (tertiary/aromatic N) is 1. The summed E-state index contributed by atoms with van der Waals surface area (Å²) in [5.74, 6) is -1.51. The van der Waals surface area contributed by atoms with Crippen LogP contribution in [0.4, 0.5) is 0 Å². The third kappa shape index (κ3) is 3.59. The maximum Gasteiger partial charge on any atom is 0.326 e. The Morgan fingerprint density at radius 1 is 1.26 bits per heavy atom. The first-order valence-electron chi connectivity index (χ1n) is 7.43. The first-order valence-corrected chi connectivity index (χ1v) is 7.43. The number of nitrogens with one attached hydrogen (secondary N) is 1. The van der Waals surface area contributed by atoms with E-state index in [1.807, 2.05) is 13.8 Å². The van der Waals surface area contributed by atoms with Gasteiger partial charge in [0.05, 0.1) is 11.1 Å². The molecule has 1 heterocycles. The number of aliphatic carboxylic acids is 1. The number of carbonyl (C=O) groups is 2. The fourth-order valence-corrected chi connectivity index (χ4v) is 2.53. The van der Waals surface area contributed by atoms with Crippen molar-refractivity contribution in [1.82, 2.24) is 9.88 Å². The van der Waals surface area contributed by atoms with Crippen molar-refractivity contribution in [2.24, 2.45) is 13.0 Å². The number of carbonyl (C=O) groups excluding carboxylic acids is 1. The van der Waals surface area contributed by atoms with E-state index in [2.05, 4.69) is 5.32 Å². The Morgan fingerprint density at radius 3 is 2.52 bits per heavy atom. The second-order valence-electron chi connectivity index (χ2n) is 5.97. The lowest BCUT2D eigenvalue weighted by Gasteiger charge is -2.17. The van der Waals surface area contributed by atoms with Gasteiger partial charge < -0.3 is 15.0 Å². The highest BCUT2D eigenvalue weighted by Crippen LogP contribution is 2.16. The summed E-state index contributed by atoms with van der Waals surface area (Å²) in [6.45, 7) is 3.77. The summed E-state index contributed by atoms with van der Waals surface area (Å²) in [6, 6.07) is 7.30. The van der Waals surface area contributed by atoms with Crippen molar-refractivity contribution >= 4 is 22.8 Å². The zero-order valence-electron chi connectivity index (χ0n) is 13.4. The number of benzene rings is 1. The normalized spacial score (nSPS) is 12.3. The molecule has 2 N–H and O–H groups in total. The molecule has 0 bridgehead atoms. The summed E-state index contributed by atoms with van der Waals surface area (Å²) in [6.07, 6.45) is 0.323. The van der Waals surface area contributed by atoms with Crippen LogP contribution in [0.15, 0.2) is 35.1 Å². The number of carboxylic acids is 1. The zero-order chi connectivity index (χ0) is 17.1. The molecule has 0 aliphatic carbocycles. The summed E-state index contributed by atoms with van der Waals surface area (Å²) in [7, 11) is 1.63. The maximum atomic E-state index is 12.5. The summed E-state index contributed by atoms with van der Waals surface area (Å²) < 4.78 is 1.45. The first kappa shape index (κ1) is 16.7. The largest absolute Gasteiger partial charge is 0.480 e. The minimum atomic E-state index is -1.08. The molecule has 122 valence electrons. The Labute approximate surface area is 133 Å². The van der Waals surface area contributed by atoms with E-state index in [0.29, 0.717) is 17.3 Å². The van der Waals surface area contributed by atoms with Crippen LogP contribution in [-0.4, -0.2) is 27.6 Å². The van der Waals surface area contributed by atoms with Crippen molar-refractivity contribution in [3.8, 4) is 0 Å². The number of hydrogen-bond acceptors (Lipinski definition) is 3. The Kier molecular flexibility index (Phi) is 4.83. The molecule has 1 aromatic carbocycles. The highest BCUT2D eigenvalue weighted by Gasteiger charge is 2.23. The molecule has 6 nitrogen and oxygen atoms in total. The molecule has 2 rings (SSSR count). The number of amides is 1. The number of hydrogen-bond donors (Lipinski definition) is 2. The van der Waals surface area contributed by atoms with Gasteiger partial charge in [0.25, 0.3) is 11.5 Å². The van der Waals surface area contributed by atoms with Gasteiger partial charge in [-0.15, -0.1) is 0 Å². The molecule has 0 spiro atoms. The highest BCUT2D eigenvalue weighted by molar-refractivity contribution is 6.07. The van der Waals surface area contributed by atoms with Gasteiger partial charge in [-0.2, -0.15) is 0 Å². The van der Waals surface area contributed by atoms with Crippen LogP contribution >= 0.6 is 0 Å². The van der Waals surface area contributed by atoms with Gasteiger partial charge in [0.15, 0.2) is 0 Å².